The molecule has 0 saturated heterocycles. The van der Waals surface area contributed by atoms with Crippen LogP contribution < -0.4 is 11.1 Å². The Morgan fingerprint density at radius 1 is 1.31 bits per heavy atom. The zero-order valence-corrected chi connectivity index (χ0v) is 19.7. The number of hydrogen-bond acceptors (Lipinski definition) is 7. The molecule has 2 aromatic carbocycles. The highest BCUT2D eigenvalue weighted by Crippen LogP contribution is 2.40. The molecule has 1 amide bonds. The number of amides is 1. The number of aromatic nitrogens is 1. The number of nitro groups is 1. The quantitative estimate of drug-likeness (QED) is 0.223. The standard InChI is InChI=1S/C18H14Br2N4O3S2/c1-9-2-5-13(14(6-9)24(26)27)22-15(25)8-28-17-16(23-18(21)29-17)11-4-3-10(19)7-12(11)20/h2-7H,8H2,1H3,(H2,21,23)(H,22,25). The van der Waals surface area contributed by atoms with Crippen LogP contribution in [-0.4, -0.2) is 21.6 Å². The molecule has 7 nitrogen and oxygen atoms in total. The Morgan fingerprint density at radius 2 is 2.07 bits per heavy atom. The van der Waals surface area contributed by atoms with E-state index in [-0.39, 0.29) is 23.0 Å². The van der Waals surface area contributed by atoms with E-state index in [0.29, 0.717) is 10.8 Å². The first kappa shape index (κ1) is 21.8. The van der Waals surface area contributed by atoms with Crippen LogP contribution in [0.5, 0.6) is 0 Å². The molecule has 11 heteroatoms. The van der Waals surface area contributed by atoms with Crippen LogP contribution in [-0.2, 0) is 4.79 Å². The number of carbonyl (C=O) groups is 1. The molecule has 29 heavy (non-hydrogen) atoms. The third-order valence-corrected chi connectivity index (χ3v) is 7.05. The molecular formula is C18H14Br2N4O3S2. The summed E-state index contributed by atoms with van der Waals surface area (Å²) < 4.78 is 2.56. The summed E-state index contributed by atoms with van der Waals surface area (Å²) in [4.78, 5) is 27.5. The lowest BCUT2D eigenvalue weighted by Gasteiger charge is -2.07. The van der Waals surface area contributed by atoms with Gasteiger partial charge in [-0.25, -0.2) is 4.98 Å². The maximum absolute atomic E-state index is 12.4. The van der Waals surface area contributed by atoms with Crippen molar-refractivity contribution < 1.29 is 9.72 Å². The molecule has 0 unspecified atom stereocenters. The molecule has 3 rings (SSSR count). The highest BCUT2D eigenvalue weighted by molar-refractivity contribution is 9.11. The number of carbonyl (C=O) groups excluding carboxylic acids is 1. The van der Waals surface area contributed by atoms with Gasteiger partial charge >= 0.3 is 0 Å². The maximum atomic E-state index is 12.4. The molecular weight excluding hydrogens is 544 g/mol. The molecule has 0 radical (unpaired) electrons. The van der Waals surface area contributed by atoms with Crippen molar-refractivity contribution in [3.05, 3.63) is 61.0 Å². The van der Waals surface area contributed by atoms with E-state index in [4.69, 9.17) is 5.73 Å². The maximum Gasteiger partial charge on any atom is 0.293 e. The molecule has 0 bridgehead atoms. The minimum Gasteiger partial charge on any atom is -0.375 e. The Kier molecular flexibility index (Phi) is 6.93. The van der Waals surface area contributed by atoms with Crippen molar-refractivity contribution in [2.75, 3.05) is 16.8 Å². The second-order valence-corrected chi connectivity index (χ2v) is 9.97. The number of nitro benzene ring substituents is 1. The number of aryl methyl sites for hydroxylation is 1. The second kappa shape index (κ2) is 9.24. The van der Waals surface area contributed by atoms with Crippen molar-refractivity contribution in [1.82, 2.24) is 4.98 Å². The van der Waals surface area contributed by atoms with Crippen LogP contribution in [0.1, 0.15) is 5.56 Å². The van der Waals surface area contributed by atoms with Gasteiger partial charge in [0.1, 0.15) is 5.69 Å². The summed E-state index contributed by atoms with van der Waals surface area (Å²) >= 11 is 9.51. The third-order valence-electron chi connectivity index (χ3n) is 3.76. The number of hydrogen-bond donors (Lipinski definition) is 2. The van der Waals surface area contributed by atoms with Crippen molar-refractivity contribution >= 4 is 77.4 Å². The molecule has 0 fully saturated rings. The molecule has 0 saturated carbocycles. The monoisotopic (exact) mass is 556 g/mol. The van der Waals surface area contributed by atoms with E-state index in [1.54, 1.807) is 13.0 Å². The number of nitrogens with one attached hydrogen (secondary N) is 1. The van der Waals surface area contributed by atoms with Gasteiger partial charge in [-0.3, -0.25) is 14.9 Å². The highest BCUT2D eigenvalue weighted by atomic mass is 79.9. The first-order valence-corrected chi connectivity index (χ1v) is 11.5. The number of nitrogens with two attached hydrogens (primary N) is 1. The molecule has 0 aliphatic rings. The van der Waals surface area contributed by atoms with Crippen LogP contribution in [0.3, 0.4) is 0 Å². The number of anilines is 2. The molecule has 0 atom stereocenters. The van der Waals surface area contributed by atoms with Crippen LogP contribution in [0.2, 0.25) is 0 Å². The normalized spacial score (nSPS) is 10.7. The van der Waals surface area contributed by atoms with E-state index in [9.17, 15) is 14.9 Å². The minimum atomic E-state index is -0.511. The van der Waals surface area contributed by atoms with Gasteiger partial charge in [0.15, 0.2) is 5.13 Å². The van der Waals surface area contributed by atoms with Crippen LogP contribution in [0.4, 0.5) is 16.5 Å². The van der Waals surface area contributed by atoms with Gasteiger partial charge < -0.3 is 11.1 Å². The topological polar surface area (TPSA) is 111 Å². The first-order chi connectivity index (χ1) is 13.7. The van der Waals surface area contributed by atoms with Gasteiger partial charge in [0.2, 0.25) is 5.91 Å². The Hall–Kier alpha value is -1.95. The average molecular weight is 558 g/mol. The van der Waals surface area contributed by atoms with E-state index in [1.165, 1.54) is 35.2 Å². The van der Waals surface area contributed by atoms with E-state index in [2.05, 4.69) is 42.2 Å². The van der Waals surface area contributed by atoms with E-state index in [0.717, 1.165) is 24.3 Å². The van der Waals surface area contributed by atoms with Crippen molar-refractivity contribution in [2.45, 2.75) is 11.1 Å². The van der Waals surface area contributed by atoms with E-state index >= 15 is 0 Å². The van der Waals surface area contributed by atoms with Crippen molar-refractivity contribution in [3.63, 3.8) is 0 Å². The summed E-state index contributed by atoms with van der Waals surface area (Å²) in [6.45, 7) is 1.75. The zero-order valence-electron chi connectivity index (χ0n) is 14.9. The fraction of sp³-hybridized carbons (Fsp3) is 0.111. The van der Waals surface area contributed by atoms with Gasteiger partial charge in [-0.1, -0.05) is 55.3 Å². The summed E-state index contributed by atoms with van der Waals surface area (Å²) in [6, 6.07) is 10.4. The molecule has 0 aliphatic heterocycles. The lowest BCUT2D eigenvalue weighted by Crippen LogP contribution is -2.15. The number of thioether (sulfide) groups is 1. The molecule has 150 valence electrons. The summed E-state index contributed by atoms with van der Waals surface area (Å²) in [6.07, 6.45) is 0. The number of benzene rings is 2. The Balaban J connectivity index is 1.76. The zero-order chi connectivity index (χ0) is 21.1. The summed E-state index contributed by atoms with van der Waals surface area (Å²) in [5.41, 5.74) is 8.22. The third kappa shape index (κ3) is 5.35. The molecule has 1 aromatic heterocycles. The molecule has 1 heterocycles. The van der Waals surface area contributed by atoms with Gasteiger partial charge in [0.05, 0.1) is 20.6 Å². The fourth-order valence-electron chi connectivity index (χ4n) is 2.49. The van der Waals surface area contributed by atoms with Crippen molar-refractivity contribution in [3.8, 4) is 11.3 Å². The highest BCUT2D eigenvalue weighted by Gasteiger charge is 2.19. The predicted molar refractivity (Wildman–Crippen MR) is 125 cm³/mol. The Bertz CT molecular complexity index is 1100. The number of rotatable bonds is 6. The second-order valence-electron chi connectivity index (χ2n) is 5.93. The summed E-state index contributed by atoms with van der Waals surface area (Å²) in [5.74, 6) is -0.289. The lowest BCUT2D eigenvalue weighted by molar-refractivity contribution is -0.384. The van der Waals surface area contributed by atoms with Gasteiger partial charge in [0, 0.05) is 20.6 Å². The molecule has 3 N–H and O–H groups in total. The Morgan fingerprint density at radius 3 is 2.76 bits per heavy atom. The molecule has 0 spiro atoms. The number of thiazole rings is 1. The first-order valence-electron chi connectivity index (χ1n) is 8.14. The lowest BCUT2D eigenvalue weighted by atomic mass is 10.2. The van der Waals surface area contributed by atoms with Crippen LogP contribution >= 0.6 is 55.0 Å². The number of nitrogens with zero attached hydrogens (tertiary/aromatic N) is 2. The van der Waals surface area contributed by atoms with Gasteiger partial charge in [-0.05, 0) is 30.7 Å². The van der Waals surface area contributed by atoms with Gasteiger partial charge in [-0.2, -0.15) is 0 Å². The average Bonchev–Trinajstić information content (AvgIpc) is 3.01. The van der Waals surface area contributed by atoms with Crippen molar-refractivity contribution in [2.24, 2.45) is 0 Å². The van der Waals surface area contributed by atoms with Gasteiger partial charge in [0.25, 0.3) is 5.69 Å². The molecule has 0 aliphatic carbocycles. The Labute approximate surface area is 191 Å². The SMILES string of the molecule is Cc1ccc(NC(=O)CSc2sc(N)nc2-c2ccc(Br)cc2Br)c([N+](=O)[O-])c1. The van der Waals surface area contributed by atoms with E-state index in [1.807, 2.05) is 18.2 Å². The van der Waals surface area contributed by atoms with E-state index < -0.39 is 4.92 Å². The minimum absolute atomic E-state index is 0.0633. The van der Waals surface area contributed by atoms with Crippen molar-refractivity contribution in [1.29, 1.82) is 0 Å². The summed E-state index contributed by atoms with van der Waals surface area (Å²) in [7, 11) is 0. The number of nitrogen functional groups attached to an aromatic ring is 1. The smallest absolute Gasteiger partial charge is 0.293 e. The fourth-order valence-corrected chi connectivity index (χ4v) is 5.60. The largest absolute Gasteiger partial charge is 0.375 e. The molecule has 3 aromatic rings. The van der Waals surface area contributed by atoms with Crippen LogP contribution in [0.25, 0.3) is 11.3 Å². The van der Waals surface area contributed by atoms with Gasteiger partial charge in [-0.15, -0.1) is 11.8 Å². The predicted octanol–water partition coefficient (Wildman–Crippen LogP) is 5.86. The van der Waals surface area contributed by atoms with Crippen LogP contribution in [0, 0.1) is 17.0 Å². The number of halogens is 2. The van der Waals surface area contributed by atoms with Crippen LogP contribution in [0.15, 0.2) is 49.6 Å². The summed E-state index contributed by atoms with van der Waals surface area (Å²) in [5, 5.41) is 14.2.